The van der Waals surface area contributed by atoms with E-state index in [4.69, 9.17) is 0 Å². The van der Waals surface area contributed by atoms with Gasteiger partial charge in [-0.1, -0.05) is 12.8 Å². The molecule has 0 aromatic carbocycles. The zero-order valence-electron chi connectivity index (χ0n) is 8.23. The van der Waals surface area contributed by atoms with E-state index in [1.165, 1.54) is 25.7 Å². The first-order valence-corrected chi connectivity index (χ1v) is 6.00. The summed E-state index contributed by atoms with van der Waals surface area (Å²) in [5.41, 5.74) is 0.819. The van der Waals surface area contributed by atoms with Crippen molar-refractivity contribution >= 4 is 21.6 Å². The standard InChI is InChI=1S/C10H11BrN4/c11-8-10-14-13-9(7-3-1-2-4-7)15(10)6-5-12-8/h5-7H,1-4H2. The third kappa shape index (κ3) is 1.45. The van der Waals surface area contributed by atoms with Gasteiger partial charge in [0.25, 0.3) is 0 Å². The van der Waals surface area contributed by atoms with Crippen LogP contribution < -0.4 is 0 Å². The van der Waals surface area contributed by atoms with Gasteiger partial charge in [0.1, 0.15) is 5.82 Å². The van der Waals surface area contributed by atoms with Crippen molar-refractivity contribution in [2.24, 2.45) is 0 Å². The molecule has 0 bridgehead atoms. The highest BCUT2D eigenvalue weighted by Crippen LogP contribution is 2.33. The average molecular weight is 267 g/mol. The first-order valence-electron chi connectivity index (χ1n) is 5.21. The van der Waals surface area contributed by atoms with Gasteiger partial charge in [0.2, 0.25) is 0 Å². The van der Waals surface area contributed by atoms with E-state index in [0.717, 1.165) is 16.1 Å². The van der Waals surface area contributed by atoms with Crippen LogP contribution in [-0.4, -0.2) is 19.6 Å². The van der Waals surface area contributed by atoms with Crippen molar-refractivity contribution in [3.05, 3.63) is 22.8 Å². The molecule has 0 N–H and O–H groups in total. The highest BCUT2D eigenvalue weighted by molar-refractivity contribution is 9.10. The number of rotatable bonds is 1. The summed E-state index contributed by atoms with van der Waals surface area (Å²) in [5, 5.41) is 8.45. The summed E-state index contributed by atoms with van der Waals surface area (Å²) < 4.78 is 2.81. The number of nitrogens with zero attached hydrogens (tertiary/aromatic N) is 4. The van der Waals surface area contributed by atoms with Crippen LogP contribution in [-0.2, 0) is 0 Å². The minimum absolute atomic E-state index is 0.578. The van der Waals surface area contributed by atoms with Crippen molar-refractivity contribution in [3.8, 4) is 0 Å². The third-order valence-electron chi connectivity index (χ3n) is 3.03. The van der Waals surface area contributed by atoms with E-state index in [1.54, 1.807) is 6.20 Å². The van der Waals surface area contributed by atoms with Crippen LogP contribution in [0.3, 0.4) is 0 Å². The Morgan fingerprint density at radius 2 is 2.07 bits per heavy atom. The summed E-state index contributed by atoms with van der Waals surface area (Å²) in [6.45, 7) is 0. The summed E-state index contributed by atoms with van der Waals surface area (Å²) in [7, 11) is 0. The van der Waals surface area contributed by atoms with Crippen LogP contribution in [0.5, 0.6) is 0 Å². The minimum atomic E-state index is 0.578. The smallest absolute Gasteiger partial charge is 0.193 e. The maximum Gasteiger partial charge on any atom is 0.193 e. The lowest BCUT2D eigenvalue weighted by atomic mass is 10.1. The zero-order valence-corrected chi connectivity index (χ0v) is 9.81. The molecule has 0 atom stereocenters. The summed E-state index contributed by atoms with van der Waals surface area (Å²) in [4.78, 5) is 4.14. The molecule has 0 saturated heterocycles. The molecule has 2 heterocycles. The number of hydrogen-bond acceptors (Lipinski definition) is 3. The van der Waals surface area contributed by atoms with Crippen molar-refractivity contribution in [3.63, 3.8) is 0 Å². The summed E-state index contributed by atoms with van der Waals surface area (Å²) in [6, 6.07) is 0. The fourth-order valence-electron chi connectivity index (χ4n) is 2.28. The van der Waals surface area contributed by atoms with Gasteiger partial charge < -0.3 is 0 Å². The molecular formula is C10H11BrN4. The topological polar surface area (TPSA) is 43.1 Å². The number of halogens is 1. The molecule has 0 unspecified atom stereocenters. The van der Waals surface area contributed by atoms with Crippen molar-refractivity contribution in [1.29, 1.82) is 0 Å². The van der Waals surface area contributed by atoms with E-state index in [9.17, 15) is 0 Å². The first-order chi connectivity index (χ1) is 7.36. The quantitative estimate of drug-likeness (QED) is 0.797. The zero-order chi connectivity index (χ0) is 10.3. The van der Waals surface area contributed by atoms with E-state index < -0.39 is 0 Å². The molecule has 2 aromatic heterocycles. The summed E-state index contributed by atoms with van der Waals surface area (Å²) in [6.07, 6.45) is 8.81. The maximum atomic E-state index is 4.28. The predicted molar refractivity (Wildman–Crippen MR) is 59.7 cm³/mol. The van der Waals surface area contributed by atoms with Gasteiger partial charge in [-0.25, -0.2) is 4.98 Å². The molecular weight excluding hydrogens is 256 g/mol. The molecule has 4 nitrogen and oxygen atoms in total. The number of fused-ring (bicyclic) bond motifs is 1. The molecule has 5 heteroatoms. The average Bonchev–Trinajstić information content (AvgIpc) is 2.85. The van der Waals surface area contributed by atoms with Crippen LogP contribution >= 0.6 is 15.9 Å². The van der Waals surface area contributed by atoms with E-state index >= 15 is 0 Å². The molecule has 2 aromatic rings. The van der Waals surface area contributed by atoms with Crippen molar-refractivity contribution in [2.45, 2.75) is 31.6 Å². The second kappa shape index (κ2) is 3.56. The van der Waals surface area contributed by atoms with Gasteiger partial charge in [-0.05, 0) is 28.8 Å². The fraction of sp³-hybridized carbons (Fsp3) is 0.500. The van der Waals surface area contributed by atoms with Crippen LogP contribution in [0.1, 0.15) is 37.4 Å². The Morgan fingerprint density at radius 1 is 1.27 bits per heavy atom. The Morgan fingerprint density at radius 3 is 2.87 bits per heavy atom. The lowest BCUT2D eigenvalue weighted by Crippen LogP contribution is -2.00. The van der Waals surface area contributed by atoms with E-state index in [2.05, 4.69) is 31.1 Å². The highest BCUT2D eigenvalue weighted by atomic mass is 79.9. The van der Waals surface area contributed by atoms with Crippen molar-refractivity contribution in [1.82, 2.24) is 19.6 Å². The maximum absolute atomic E-state index is 4.28. The van der Waals surface area contributed by atoms with Gasteiger partial charge in [0.05, 0.1) is 0 Å². The van der Waals surface area contributed by atoms with Crippen LogP contribution in [0.4, 0.5) is 0 Å². The molecule has 78 valence electrons. The number of aromatic nitrogens is 4. The van der Waals surface area contributed by atoms with Gasteiger partial charge in [-0.15, -0.1) is 10.2 Å². The largest absolute Gasteiger partial charge is 0.282 e. The molecule has 0 aliphatic heterocycles. The van der Waals surface area contributed by atoms with Crippen LogP contribution in [0.15, 0.2) is 17.0 Å². The van der Waals surface area contributed by atoms with E-state index in [0.29, 0.717) is 5.92 Å². The Balaban J connectivity index is 2.15. The Kier molecular flexibility index (Phi) is 2.20. The number of hydrogen-bond donors (Lipinski definition) is 0. The Bertz CT molecular complexity index is 487. The summed E-state index contributed by atoms with van der Waals surface area (Å²) >= 11 is 3.38. The normalized spacial score (nSPS) is 17.7. The Labute approximate surface area is 95.9 Å². The van der Waals surface area contributed by atoms with Crippen LogP contribution in [0.2, 0.25) is 0 Å². The molecule has 1 aliphatic rings. The lowest BCUT2D eigenvalue weighted by molar-refractivity contribution is 0.658. The third-order valence-corrected chi connectivity index (χ3v) is 3.59. The second-order valence-corrected chi connectivity index (χ2v) is 4.70. The molecule has 0 amide bonds. The van der Waals surface area contributed by atoms with Gasteiger partial charge in [-0.3, -0.25) is 4.40 Å². The SMILES string of the molecule is Brc1nccn2c(C3CCCC3)nnc12. The van der Waals surface area contributed by atoms with Gasteiger partial charge in [0.15, 0.2) is 10.3 Å². The monoisotopic (exact) mass is 266 g/mol. The van der Waals surface area contributed by atoms with Crippen LogP contribution in [0, 0.1) is 0 Å². The Hall–Kier alpha value is -0.970. The minimum Gasteiger partial charge on any atom is -0.282 e. The molecule has 0 radical (unpaired) electrons. The van der Waals surface area contributed by atoms with Crippen LogP contribution in [0.25, 0.3) is 5.65 Å². The van der Waals surface area contributed by atoms with Gasteiger partial charge in [-0.2, -0.15) is 0 Å². The molecule has 0 spiro atoms. The van der Waals surface area contributed by atoms with Gasteiger partial charge in [0, 0.05) is 18.3 Å². The molecule has 1 saturated carbocycles. The van der Waals surface area contributed by atoms with E-state index in [1.807, 2.05) is 10.6 Å². The molecule has 1 fully saturated rings. The molecule has 1 aliphatic carbocycles. The predicted octanol–water partition coefficient (Wildman–Crippen LogP) is 2.54. The highest BCUT2D eigenvalue weighted by Gasteiger charge is 2.22. The molecule has 15 heavy (non-hydrogen) atoms. The molecule has 3 rings (SSSR count). The second-order valence-electron chi connectivity index (χ2n) is 3.95. The van der Waals surface area contributed by atoms with Crippen molar-refractivity contribution in [2.75, 3.05) is 0 Å². The lowest BCUT2D eigenvalue weighted by Gasteiger charge is -2.05. The van der Waals surface area contributed by atoms with Gasteiger partial charge >= 0.3 is 0 Å². The first kappa shape index (κ1) is 9.27. The van der Waals surface area contributed by atoms with Crippen molar-refractivity contribution < 1.29 is 0 Å². The van der Waals surface area contributed by atoms with E-state index in [-0.39, 0.29) is 0 Å². The summed E-state index contributed by atoms with van der Waals surface area (Å²) in [5.74, 6) is 1.67. The fourth-order valence-corrected chi connectivity index (χ4v) is 2.67.